The molecule has 1 N–H and O–H groups in total. The SMILES string of the molecule is COc1ccc(-n2c(OC(=O)NC3CCN(C(C)C)CC3)cc3ccccc32)cc1. The Morgan fingerprint density at radius 3 is 2.43 bits per heavy atom. The molecule has 3 aromatic rings. The van der Waals surface area contributed by atoms with Crippen molar-refractivity contribution in [2.75, 3.05) is 20.2 Å². The topological polar surface area (TPSA) is 55.7 Å². The fourth-order valence-corrected chi connectivity index (χ4v) is 4.05. The molecule has 2 heterocycles. The molecule has 0 spiro atoms. The lowest BCUT2D eigenvalue weighted by Crippen LogP contribution is -2.47. The number of carbonyl (C=O) groups is 1. The van der Waals surface area contributed by atoms with Gasteiger partial charge in [-0.2, -0.15) is 0 Å². The summed E-state index contributed by atoms with van der Waals surface area (Å²) in [5.41, 5.74) is 1.89. The van der Waals surface area contributed by atoms with Crippen molar-refractivity contribution >= 4 is 17.0 Å². The van der Waals surface area contributed by atoms with Crippen LogP contribution in [0.25, 0.3) is 16.6 Å². The van der Waals surface area contributed by atoms with Gasteiger partial charge in [0.05, 0.1) is 12.6 Å². The average Bonchev–Trinajstić information content (AvgIpc) is 3.11. The highest BCUT2D eigenvalue weighted by Gasteiger charge is 2.23. The van der Waals surface area contributed by atoms with E-state index >= 15 is 0 Å². The molecule has 0 saturated carbocycles. The molecule has 1 amide bonds. The van der Waals surface area contributed by atoms with Crippen LogP contribution in [0.3, 0.4) is 0 Å². The summed E-state index contributed by atoms with van der Waals surface area (Å²) in [7, 11) is 1.64. The van der Waals surface area contributed by atoms with Crippen LogP contribution in [0, 0.1) is 0 Å². The molecule has 0 radical (unpaired) electrons. The van der Waals surface area contributed by atoms with Gasteiger partial charge in [-0.3, -0.25) is 4.57 Å². The van der Waals surface area contributed by atoms with Crippen LogP contribution in [0.4, 0.5) is 4.79 Å². The number of likely N-dealkylation sites (tertiary alicyclic amines) is 1. The molecule has 0 unspecified atom stereocenters. The first-order valence-corrected chi connectivity index (χ1v) is 10.5. The third kappa shape index (κ3) is 4.28. The first-order valence-electron chi connectivity index (χ1n) is 10.5. The predicted octanol–water partition coefficient (Wildman–Crippen LogP) is 4.60. The number of nitrogens with zero attached hydrogens (tertiary/aromatic N) is 2. The van der Waals surface area contributed by atoms with Crippen molar-refractivity contribution in [1.82, 2.24) is 14.8 Å². The summed E-state index contributed by atoms with van der Waals surface area (Å²) >= 11 is 0. The number of aromatic nitrogens is 1. The Morgan fingerprint density at radius 1 is 1.07 bits per heavy atom. The summed E-state index contributed by atoms with van der Waals surface area (Å²) in [5.74, 6) is 1.28. The van der Waals surface area contributed by atoms with Crippen molar-refractivity contribution in [3.8, 4) is 17.3 Å². The quantitative estimate of drug-likeness (QED) is 0.672. The van der Waals surface area contributed by atoms with Crippen LogP contribution in [-0.4, -0.2) is 47.8 Å². The number of fused-ring (bicyclic) bond motifs is 1. The average molecular weight is 408 g/mol. The fraction of sp³-hybridized carbons (Fsp3) is 0.375. The number of ether oxygens (including phenoxy) is 2. The Bertz CT molecular complexity index is 1000. The maximum atomic E-state index is 12.7. The number of carbonyl (C=O) groups excluding carboxylic acids is 1. The Kier molecular flexibility index (Phi) is 5.95. The van der Waals surface area contributed by atoms with Gasteiger partial charge in [-0.15, -0.1) is 0 Å². The Hall–Kier alpha value is -2.99. The highest BCUT2D eigenvalue weighted by Crippen LogP contribution is 2.30. The van der Waals surface area contributed by atoms with Gasteiger partial charge in [-0.05, 0) is 57.0 Å². The second-order valence-electron chi connectivity index (χ2n) is 8.01. The van der Waals surface area contributed by atoms with Gasteiger partial charge < -0.3 is 19.7 Å². The van der Waals surface area contributed by atoms with Crippen molar-refractivity contribution in [1.29, 1.82) is 0 Å². The minimum absolute atomic E-state index is 0.145. The molecular formula is C24H29N3O3. The monoisotopic (exact) mass is 407 g/mol. The number of benzene rings is 2. The van der Waals surface area contributed by atoms with Gasteiger partial charge in [0.25, 0.3) is 0 Å². The third-order valence-electron chi connectivity index (χ3n) is 5.79. The summed E-state index contributed by atoms with van der Waals surface area (Å²) in [6.45, 7) is 6.41. The smallest absolute Gasteiger partial charge is 0.414 e. The summed E-state index contributed by atoms with van der Waals surface area (Å²) in [6, 6.07) is 18.3. The predicted molar refractivity (Wildman–Crippen MR) is 119 cm³/mol. The second-order valence-corrected chi connectivity index (χ2v) is 8.01. The molecule has 0 aliphatic carbocycles. The Labute approximate surface area is 177 Å². The zero-order valence-electron chi connectivity index (χ0n) is 17.8. The molecule has 6 heteroatoms. The van der Waals surface area contributed by atoms with Crippen molar-refractivity contribution in [2.24, 2.45) is 0 Å². The Morgan fingerprint density at radius 2 is 1.77 bits per heavy atom. The number of piperidine rings is 1. The number of amides is 1. The van der Waals surface area contributed by atoms with Crippen LogP contribution in [0.1, 0.15) is 26.7 Å². The highest BCUT2D eigenvalue weighted by atomic mass is 16.6. The lowest BCUT2D eigenvalue weighted by molar-refractivity contribution is 0.151. The number of rotatable bonds is 5. The molecule has 2 aromatic carbocycles. The molecule has 158 valence electrons. The van der Waals surface area contributed by atoms with Crippen LogP contribution in [0.15, 0.2) is 54.6 Å². The minimum Gasteiger partial charge on any atom is -0.497 e. The number of nitrogens with one attached hydrogen (secondary N) is 1. The molecule has 1 aromatic heterocycles. The molecule has 1 saturated heterocycles. The number of hydrogen-bond donors (Lipinski definition) is 1. The van der Waals surface area contributed by atoms with Crippen LogP contribution < -0.4 is 14.8 Å². The normalized spacial score (nSPS) is 15.5. The molecule has 4 rings (SSSR count). The maximum Gasteiger partial charge on any atom is 0.414 e. The van der Waals surface area contributed by atoms with Crippen LogP contribution in [-0.2, 0) is 0 Å². The van der Waals surface area contributed by atoms with Crippen LogP contribution >= 0.6 is 0 Å². The first-order chi connectivity index (χ1) is 14.5. The lowest BCUT2D eigenvalue weighted by Gasteiger charge is -2.34. The highest BCUT2D eigenvalue weighted by molar-refractivity contribution is 5.85. The summed E-state index contributed by atoms with van der Waals surface area (Å²) in [4.78, 5) is 15.1. The van der Waals surface area contributed by atoms with Crippen LogP contribution in [0.5, 0.6) is 11.6 Å². The van der Waals surface area contributed by atoms with E-state index in [-0.39, 0.29) is 6.04 Å². The van der Waals surface area contributed by atoms with Crippen molar-refractivity contribution in [2.45, 2.75) is 38.8 Å². The number of methoxy groups -OCH3 is 1. The van der Waals surface area contributed by atoms with E-state index < -0.39 is 6.09 Å². The van der Waals surface area contributed by atoms with Gasteiger partial charge in [0.2, 0.25) is 5.88 Å². The number of para-hydroxylation sites is 1. The van der Waals surface area contributed by atoms with Gasteiger partial charge in [-0.25, -0.2) is 4.79 Å². The molecule has 0 bridgehead atoms. The standard InChI is InChI=1S/C24H29N3O3/c1-17(2)26-14-12-19(13-15-26)25-24(28)30-23-16-18-6-4-5-7-22(18)27(23)20-8-10-21(29-3)11-9-20/h4-11,16-17,19H,12-15H2,1-3H3,(H,25,28). The van der Waals surface area contributed by atoms with E-state index in [4.69, 9.17) is 9.47 Å². The maximum absolute atomic E-state index is 12.7. The van der Waals surface area contributed by atoms with E-state index in [0.717, 1.165) is 48.3 Å². The molecule has 1 aliphatic heterocycles. The van der Waals surface area contributed by atoms with Gasteiger partial charge in [0.15, 0.2) is 0 Å². The summed E-state index contributed by atoms with van der Waals surface area (Å²) < 4.78 is 13.0. The molecule has 6 nitrogen and oxygen atoms in total. The zero-order valence-corrected chi connectivity index (χ0v) is 17.8. The molecule has 1 aliphatic rings. The second kappa shape index (κ2) is 8.79. The van der Waals surface area contributed by atoms with E-state index in [2.05, 4.69) is 24.1 Å². The van der Waals surface area contributed by atoms with Crippen molar-refractivity contribution in [3.63, 3.8) is 0 Å². The lowest BCUT2D eigenvalue weighted by atomic mass is 10.0. The minimum atomic E-state index is -0.407. The van der Waals surface area contributed by atoms with Gasteiger partial charge in [-0.1, -0.05) is 18.2 Å². The first kappa shape index (κ1) is 20.3. The molecule has 30 heavy (non-hydrogen) atoms. The van der Waals surface area contributed by atoms with Gasteiger partial charge >= 0.3 is 6.09 Å². The molecule has 0 atom stereocenters. The van der Waals surface area contributed by atoms with E-state index in [1.165, 1.54) is 0 Å². The van der Waals surface area contributed by atoms with E-state index in [1.807, 2.05) is 59.2 Å². The largest absolute Gasteiger partial charge is 0.497 e. The molecular weight excluding hydrogens is 378 g/mol. The third-order valence-corrected chi connectivity index (χ3v) is 5.79. The molecule has 1 fully saturated rings. The van der Waals surface area contributed by atoms with E-state index in [0.29, 0.717) is 11.9 Å². The van der Waals surface area contributed by atoms with Crippen LogP contribution in [0.2, 0.25) is 0 Å². The van der Waals surface area contributed by atoms with Crippen molar-refractivity contribution < 1.29 is 14.3 Å². The van der Waals surface area contributed by atoms with E-state index in [9.17, 15) is 4.79 Å². The number of hydrogen-bond acceptors (Lipinski definition) is 4. The fourth-order valence-electron chi connectivity index (χ4n) is 4.05. The van der Waals surface area contributed by atoms with E-state index in [1.54, 1.807) is 7.11 Å². The summed E-state index contributed by atoms with van der Waals surface area (Å²) in [5, 5.41) is 4.06. The van der Waals surface area contributed by atoms with Crippen molar-refractivity contribution in [3.05, 3.63) is 54.6 Å². The van der Waals surface area contributed by atoms with Gasteiger partial charge in [0.1, 0.15) is 5.75 Å². The van der Waals surface area contributed by atoms with Gasteiger partial charge in [0, 0.05) is 42.3 Å². The summed E-state index contributed by atoms with van der Waals surface area (Å²) in [6.07, 6.45) is 1.47. The Balaban J connectivity index is 1.53. The zero-order chi connectivity index (χ0) is 21.1.